The molecular weight excluding hydrogens is 270 g/mol. The Balaban J connectivity index is 2.18. The zero-order chi connectivity index (χ0) is 14.3. The van der Waals surface area contributed by atoms with Crippen LogP contribution in [0.2, 0.25) is 0 Å². The lowest BCUT2D eigenvalue weighted by Crippen LogP contribution is -2.51. The molecule has 0 aliphatic carbocycles. The minimum atomic E-state index is 0.448. The Kier molecular flexibility index (Phi) is 3.63. The molecule has 1 aliphatic heterocycles. The van der Waals surface area contributed by atoms with Gasteiger partial charge in [0.15, 0.2) is 0 Å². The molecule has 2 heterocycles. The predicted octanol–water partition coefficient (Wildman–Crippen LogP) is 3.98. The van der Waals surface area contributed by atoms with E-state index in [9.17, 15) is 0 Å². The van der Waals surface area contributed by atoms with Crippen molar-refractivity contribution in [3.05, 3.63) is 29.6 Å². The summed E-state index contributed by atoms with van der Waals surface area (Å²) in [6.45, 7) is 6.70. The molecule has 20 heavy (non-hydrogen) atoms. The number of hydrogen-bond acceptors (Lipinski definition) is 2. The lowest BCUT2D eigenvalue weighted by molar-refractivity contribution is 0.337. The number of rotatable bonds is 2. The SMILES string of the molecule is Cc1ccc2c(c1)nc(CCl)n2N1C(C)CCCC1C. The number of nitrogens with zero attached hydrogens (tertiary/aromatic N) is 3. The lowest BCUT2D eigenvalue weighted by atomic mass is 10.00. The molecule has 0 spiro atoms. The molecule has 1 fully saturated rings. The first-order chi connectivity index (χ1) is 9.61. The Morgan fingerprint density at radius 1 is 1.25 bits per heavy atom. The van der Waals surface area contributed by atoms with Crippen LogP contribution in [0.4, 0.5) is 0 Å². The Labute approximate surface area is 125 Å². The van der Waals surface area contributed by atoms with Gasteiger partial charge in [0.2, 0.25) is 0 Å². The van der Waals surface area contributed by atoms with Gasteiger partial charge < -0.3 is 5.01 Å². The van der Waals surface area contributed by atoms with E-state index in [1.807, 2.05) is 0 Å². The molecule has 1 aromatic carbocycles. The van der Waals surface area contributed by atoms with E-state index in [-0.39, 0.29) is 0 Å². The van der Waals surface area contributed by atoms with Crippen molar-refractivity contribution in [3.63, 3.8) is 0 Å². The van der Waals surface area contributed by atoms with Crippen LogP contribution < -0.4 is 5.01 Å². The Morgan fingerprint density at radius 3 is 2.60 bits per heavy atom. The first-order valence-corrected chi connectivity index (χ1v) is 7.98. The molecule has 1 saturated heterocycles. The third-order valence-corrected chi connectivity index (χ3v) is 4.59. The average molecular weight is 292 g/mol. The summed E-state index contributed by atoms with van der Waals surface area (Å²) in [5.41, 5.74) is 3.46. The van der Waals surface area contributed by atoms with Crippen LogP contribution in [0.15, 0.2) is 18.2 Å². The maximum Gasteiger partial charge on any atom is 0.143 e. The molecule has 0 saturated carbocycles. The van der Waals surface area contributed by atoms with E-state index < -0.39 is 0 Å². The topological polar surface area (TPSA) is 21.1 Å². The third-order valence-electron chi connectivity index (χ3n) is 4.35. The first kappa shape index (κ1) is 13.7. The largest absolute Gasteiger partial charge is 0.305 e. The summed E-state index contributed by atoms with van der Waals surface area (Å²) < 4.78 is 2.26. The van der Waals surface area contributed by atoms with E-state index >= 15 is 0 Å². The van der Waals surface area contributed by atoms with Crippen molar-refractivity contribution in [1.82, 2.24) is 9.66 Å². The number of aromatic nitrogens is 2. The van der Waals surface area contributed by atoms with Crippen molar-refractivity contribution in [2.75, 3.05) is 5.01 Å². The minimum Gasteiger partial charge on any atom is -0.305 e. The van der Waals surface area contributed by atoms with Crippen molar-refractivity contribution in [1.29, 1.82) is 0 Å². The number of imidazole rings is 1. The summed E-state index contributed by atoms with van der Waals surface area (Å²) in [6, 6.07) is 7.51. The summed E-state index contributed by atoms with van der Waals surface area (Å²) >= 11 is 6.15. The Morgan fingerprint density at radius 2 is 1.95 bits per heavy atom. The van der Waals surface area contributed by atoms with E-state index in [0.29, 0.717) is 18.0 Å². The van der Waals surface area contributed by atoms with Crippen LogP contribution in [0.25, 0.3) is 11.0 Å². The number of alkyl halides is 1. The molecule has 0 amide bonds. The molecule has 2 unspecified atom stereocenters. The van der Waals surface area contributed by atoms with Crippen molar-refractivity contribution in [3.8, 4) is 0 Å². The molecule has 2 aromatic rings. The smallest absolute Gasteiger partial charge is 0.143 e. The summed E-state index contributed by atoms with van der Waals surface area (Å²) in [7, 11) is 0. The highest BCUT2D eigenvalue weighted by Crippen LogP contribution is 2.27. The van der Waals surface area contributed by atoms with E-state index in [0.717, 1.165) is 11.3 Å². The normalized spacial score (nSPS) is 23.5. The van der Waals surface area contributed by atoms with Gasteiger partial charge in [0.1, 0.15) is 5.82 Å². The molecule has 4 heteroatoms. The standard InChI is InChI=1S/C16H22ClN3/c1-11-7-8-15-14(9-11)18-16(10-17)20(15)19-12(2)5-4-6-13(19)3/h7-9,12-13H,4-6,10H2,1-3H3. The molecule has 3 nitrogen and oxygen atoms in total. The van der Waals surface area contributed by atoms with Gasteiger partial charge in [0.05, 0.1) is 16.9 Å². The summed E-state index contributed by atoms with van der Waals surface area (Å²) in [5, 5.41) is 2.46. The average Bonchev–Trinajstić information content (AvgIpc) is 2.76. The second-order valence-corrected chi connectivity index (χ2v) is 6.24. The van der Waals surface area contributed by atoms with Crippen LogP contribution in [-0.2, 0) is 5.88 Å². The van der Waals surface area contributed by atoms with Crippen molar-refractivity contribution >= 4 is 22.6 Å². The second kappa shape index (κ2) is 5.28. The van der Waals surface area contributed by atoms with E-state index in [2.05, 4.69) is 48.7 Å². The van der Waals surface area contributed by atoms with Gasteiger partial charge in [-0.1, -0.05) is 6.07 Å². The highest BCUT2D eigenvalue weighted by atomic mass is 35.5. The van der Waals surface area contributed by atoms with Gasteiger partial charge in [-0.25, -0.2) is 9.66 Å². The number of benzene rings is 1. The highest BCUT2D eigenvalue weighted by Gasteiger charge is 2.28. The van der Waals surface area contributed by atoms with Gasteiger partial charge in [-0.05, 0) is 57.7 Å². The molecule has 2 atom stereocenters. The molecule has 108 valence electrons. The lowest BCUT2D eigenvalue weighted by Gasteiger charge is -2.42. The number of aryl methyl sites for hydroxylation is 1. The number of hydrogen-bond donors (Lipinski definition) is 0. The first-order valence-electron chi connectivity index (χ1n) is 7.44. The Hall–Kier alpha value is -1.22. The van der Waals surface area contributed by atoms with Crippen LogP contribution in [0.1, 0.15) is 44.5 Å². The van der Waals surface area contributed by atoms with Gasteiger partial charge in [-0.2, -0.15) is 0 Å². The molecule has 1 aromatic heterocycles. The van der Waals surface area contributed by atoms with Crippen molar-refractivity contribution in [2.24, 2.45) is 0 Å². The maximum atomic E-state index is 6.15. The monoisotopic (exact) mass is 291 g/mol. The van der Waals surface area contributed by atoms with Crippen molar-refractivity contribution < 1.29 is 0 Å². The zero-order valence-electron chi connectivity index (χ0n) is 12.4. The van der Waals surface area contributed by atoms with Crippen LogP contribution >= 0.6 is 11.6 Å². The summed E-state index contributed by atoms with van der Waals surface area (Å²) in [5.74, 6) is 1.40. The van der Waals surface area contributed by atoms with E-state index in [4.69, 9.17) is 16.6 Å². The second-order valence-electron chi connectivity index (χ2n) is 5.97. The van der Waals surface area contributed by atoms with Gasteiger partial charge in [0, 0.05) is 12.1 Å². The van der Waals surface area contributed by atoms with Crippen LogP contribution in [-0.4, -0.2) is 21.7 Å². The van der Waals surface area contributed by atoms with Gasteiger partial charge in [0.25, 0.3) is 0 Å². The van der Waals surface area contributed by atoms with Crippen LogP contribution in [0.5, 0.6) is 0 Å². The molecule has 0 radical (unpaired) electrons. The van der Waals surface area contributed by atoms with E-state index in [1.165, 1.54) is 30.3 Å². The molecular formula is C16H22ClN3. The van der Waals surface area contributed by atoms with E-state index in [1.54, 1.807) is 0 Å². The van der Waals surface area contributed by atoms with Gasteiger partial charge >= 0.3 is 0 Å². The van der Waals surface area contributed by atoms with Crippen LogP contribution in [0, 0.1) is 6.92 Å². The molecule has 0 bridgehead atoms. The number of fused-ring (bicyclic) bond motifs is 1. The number of piperidine rings is 1. The summed E-state index contributed by atoms with van der Waals surface area (Å²) in [6.07, 6.45) is 3.77. The summed E-state index contributed by atoms with van der Waals surface area (Å²) in [4.78, 5) is 4.73. The Bertz CT molecular complexity index is 609. The fourth-order valence-electron chi connectivity index (χ4n) is 3.37. The van der Waals surface area contributed by atoms with Gasteiger partial charge in [-0.3, -0.25) is 0 Å². The number of halogens is 1. The fraction of sp³-hybridized carbons (Fsp3) is 0.562. The minimum absolute atomic E-state index is 0.448. The molecule has 3 rings (SSSR count). The molecule has 0 N–H and O–H groups in total. The zero-order valence-corrected chi connectivity index (χ0v) is 13.2. The predicted molar refractivity (Wildman–Crippen MR) is 85.0 cm³/mol. The highest BCUT2D eigenvalue weighted by molar-refractivity contribution is 6.16. The quantitative estimate of drug-likeness (QED) is 0.780. The third kappa shape index (κ3) is 2.18. The maximum absolute atomic E-state index is 6.15. The van der Waals surface area contributed by atoms with Gasteiger partial charge in [-0.15, -0.1) is 11.6 Å². The molecule has 1 aliphatic rings. The fourth-order valence-corrected chi connectivity index (χ4v) is 3.55. The van der Waals surface area contributed by atoms with Crippen LogP contribution in [0.3, 0.4) is 0 Å². The van der Waals surface area contributed by atoms with Crippen molar-refractivity contribution in [2.45, 2.75) is 58.0 Å².